The number of hydrogen-bond donors (Lipinski definition) is 1. The molecule has 2 rings (SSSR count). The number of nitrogens with one attached hydrogen (secondary N) is 1. The molecule has 0 saturated heterocycles. The number of halogens is 1. The number of aromatic nitrogens is 3. The van der Waals surface area contributed by atoms with Gasteiger partial charge in [0.1, 0.15) is 10.2 Å². The van der Waals surface area contributed by atoms with Crippen molar-refractivity contribution in [2.75, 3.05) is 5.32 Å². The molecule has 1 amide bonds. The first-order chi connectivity index (χ1) is 9.25. The van der Waals surface area contributed by atoms with E-state index in [1.54, 1.807) is 12.1 Å². The first-order valence-corrected chi connectivity index (χ1v) is 7.24. The van der Waals surface area contributed by atoms with Crippen molar-refractivity contribution in [1.82, 2.24) is 15.2 Å². The molecule has 0 atom stereocenters. The van der Waals surface area contributed by atoms with Gasteiger partial charge in [-0.1, -0.05) is 43.7 Å². The Morgan fingerprint density at radius 2 is 2.00 bits per heavy atom. The normalized spacial score (nSPS) is 11.4. The van der Waals surface area contributed by atoms with Crippen molar-refractivity contribution in [2.24, 2.45) is 0 Å². The van der Waals surface area contributed by atoms with Crippen LogP contribution in [0.4, 0.5) is 5.13 Å². The number of carbonyl (C=O) groups excluding carboxylic acids is 1. The van der Waals surface area contributed by atoms with Crippen LogP contribution in [0.1, 0.15) is 41.8 Å². The van der Waals surface area contributed by atoms with Crippen LogP contribution in [-0.2, 0) is 5.41 Å². The lowest BCUT2D eigenvalue weighted by molar-refractivity contribution is 0.102. The molecule has 0 unspecified atom stereocenters. The Labute approximate surface area is 126 Å². The Kier molecular flexibility index (Phi) is 4.06. The lowest BCUT2D eigenvalue weighted by atomic mass is 9.91. The second kappa shape index (κ2) is 5.46. The Morgan fingerprint density at radius 3 is 2.55 bits per heavy atom. The standard InChI is InChI=1S/C13H15ClN4OS/c1-7-17-18-12(20-7)16-11(19)8-5-9(13(2,3)4)15-10(14)6-8/h5-6H,1-4H3,(H,16,18,19). The van der Waals surface area contributed by atoms with Crippen LogP contribution < -0.4 is 5.32 Å². The number of amides is 1. The van der Waals surface area contributed by atoms with Crippen molar-refractivity contribution in [1.29, 1.82) is 0 Å². The minimum absolute atomic E-state index is 0.181. The molecule has 7 heteroatoms. The molecule has 2 heterocycles. The minimum atomic E-state index is -0.268. The minimum Gasteiger partial charge on any atom is -0.296 e. The molecule has 2 aromatic rings. The van der Waals surface area contributed by atoms with E-state index in [-0.39, 0.29) is 11.3 Å². The van der Waals surface area contributed by atoms with Crippen LogP contribution in [0.5, 0.6) is 0 Å². The van der Waals surface area contributed by atoms with E-state index in [9.17, 15) is 4.79 Å². The highest BCUT2D eigenvalue weighted by molar-refractivity contribution is 7.15. The van der Waals surface area contributed by atoms with Gasteiger partial charge in [0.25, 0.3) is 5.91 Å². The van der Waals surface area contributed by atoms with Gasteiger partial charge in [-0.2, -0.15) is 0 Å². The fourth-order valence-corrected chi connectivity index (χ4v) is 2.32. The highest BCUT2D eigenvalue weighted by Gasteiger charge is 2.19. The van der Waals surface area contributed by atoms with Gasteiger partial charge in [0.2, 0.25) is 5.13 Å². The average molecular weight is 311 g/mol. The maximum atomic E-state index is 12.2. The smallest absolute Gasteiger partial charge is 0.257 e. The molecule has 0 bridgehead atoms. The van der Waals surface area contributed by atoms with E-state index >= 15 is 0 Å². The van der Waals surface area contributed by atoms with Gasteiger partial charge in [-0.05, 0) is 19.1 Å². The zero-order chi connectivity index (χ0) is 14.9. The number of pyridine rings is 1. The lowest BCUT2D eigenvalue weighted by Crippen LogP contribution is -2.17. The van der Waals surface area contributed by atoms with Crippen molar-refractivity contribution < 1.29 is 4.79 Å². The van der Waals surface area contributed by atoms with Crippen LogP contribution in [0.2, 0.25) is 5.15 Å². The summed E-state index contributed by atoms with van der Waals surface area (Å²) in [6.07, 6.45) is 0. The second-order valence-corrected chi connectivity index (χ2v) is 6.96. The predicted molar refractivity (Wildman–Crippen MR) is 80.5 cm³/mol. The lowest BCUT2D eigenvalue weighted by Gasteiger charge is -2.18. The summed E-state index contributed by atoms with van der Waals surface area (Å²) < 4.78 is 0. The largest absolute Gasteiger partial charge is 0.296 e. The Morgan fingerprint density at radius 1 is 1.30 bits per heavy atom. The van der Waals surface area contributed by atoms with Crippen LogP contribution in [0, 0.1) is 6.92 Å². The van der Waals surface area contributed by atoms with Gasteiger partial charge >= 0.3 is 0 Å². The van der Waals surface area contributed by atoms with Gasteiger partial charge in [-0.15, -0.1) is 10.2 Å². The molecule has 0 spiro atoms. The first kappa shape index (κ1) is 14.9. The molecule has 0 aliphatic rings. The summed E-state index contributed by atoms with van der Waals surface area (Å²) in [6, 6.07) is 3.29. The summed E-state index contributed by atoms with van der Waals surface area (Å²) in [5, 5.41) is 12.0. The van der Waals surface area contributed by atoms with E-state index in [4.69, 9.17) is 11.6 Å². The molecule has 106 valence electrons. The molecule has 0 radical (unpaired) electrons. The van der Waals surface area contributed by atoms with E-state index in [1.807, 2.05) is 27.7 Å². The van der Waals surface area contributed by atoms with Crippen LogP contribution in [0.3, 0.4) is 0 Å². The topological polar surface area (TPSA) is 67.8 Å². The molecule has 0 aliphatic carbocycles. The molecular formula is C13H15ClN4OS. The number of hydrogen-bond acceptors (Lipinski definition) is 5. The fraction of sp³-hybridized carbons (Fsp3) is 0.385. The van der Waals surface area contributed by atoms with Crippen molar-refractivity contribution in [3.8, 4) is 0 Å². The van der Waals surface area contributed by atoms with E-state index in [0.717, 1.165) is 10.7 Å². The predicted octanol–water partition coefficient (Wildman–Crippen LogP) is 3.44. The highest BCUT2D eigenvalue weighted by Crippen LogP contribution is 2.24. The molecular weight excluding hydrogens is 296 g/mol. The van der Waals surface area contributed by atoms with Crippen molar-refractivity contribution in [3.63, 3.8) is 0 Å². The summed E-state index contributed by atoms with van der Waals surface area (Å²) in [4.78, 5) is 16.5. The Bertz CT molecular complexity index is 648. The van der Waals surface area contributed by atoms with Gasteiger partial charge in [-0.25, -0.2) is 4.98 Å². The van der Waals surface area contributed by atoms with E-state index in [1.165, 1.54) is 11.3 Å². The Balaban J connectivity index is 2.28. The molecule has 5 nitrogen and oxygen atoms in total. The van der Waals surface area contributed by atoms with Gasteiger partial charge in [0.15, 0.2) is 0 Å². The third-order valence-corrected chi connectivity index (χ3v) is 3.52. The summed E-state index contributed by atoms with van der Waals surface area (Å²) in [5.74, 6) is -0.268. The average Bonchev–Trinajstić information content (AvgIpc) is 2.72. The SMILES string of the molecule is Cc1nnc(NC(=O)c2cc(Cl)nc(C(C)(C)C)c2)s1. The maximum Gasteiger partial charge on any atom is 0.257 e. The molecule has 20 heavy (non-hydrogen) atoms. The van der Waals surface area contributed by atoms with Gasteiger partial charge in [0.05, 0.1) is 0 Å². The summed E-state index contributed by atoms with van der Waals surface area (Å²) in [7, 11) is 0. The summed E-state index contributed by atoms with van der Waals surface area (Å²) in [6.45, 7) is 7.87. The monoisotopic (exact) mass is 310 g/mol. The van der Waals surface area contributed by atoms with Crippen molar-refractivity contribution in [2.45, 2.75) is 33.1 Å². The molecule has 1 N–H and O–H groups in total. The third-order valence-electron chi connectivity index (χ3n) is 2.57. The summed E-state index contributed by atoms with van der Waals surface area (Å²) >= 11 is 7.31. The van der Waals surface area contributed by atoms with Crippen LogP contribution in [0.25, 0.3) is 0 Å². The number of anilines is 1. The van der Waals surface area contributed by atoms with Gasteiger partial charge < -0.3 is 0 Å². The summed E-state index contributed by atoms with van der Waals surface area (Å²) in [5.41, 5.74) is 1.05. The van der Waals surface area contributed by atoms with E-state index < -0.39 is 0 Å². The molecule has 0 saturated carbocycles. The molecule has 2 aromatic heterocycles. The van der Waals surface area contributed by atoms with E-state index in [0.29, 0.717) is 15.8 Å². The highest BCUT2D eigenvalue weighted by atomic mass is 35.5. The van der Waals surface area contributed by atoms with Crippen LogP contribution in [0.15, 0.2) is 12.1 Å². The third kappa shape index (κ3) is 3.52. The van der Waals surface area contributed by atoms with Gasteiger partial charge in [0, 0.05) is 16.7 Å². The number of aryl methyl sites for hydroxylation is 1. The second-order valence-electron chi connectivity index (χ2n) is 5.39. The zero-order valence-electron chi connectivity index (χ0n) is 11.7. The van der Waals surface area contributed by atoms with Crippen LogP contribution in [-0.4, -0.2) is 21.1 Å². The quantitative estimate of drug-likeness (QED) is 0.863. The number of carbonyl (C=O) groups is 1. The van der Waals surface area contributed by atoms with Crippen molar-refractivity contribution in [3.05, 3.63) is 33.6 Å². The first-order valence-electron chi connectivity index (χ1n) is 6.05. The molecule has 0 aliphatic heterocycles. The fourth-order valence-electron chi connectivity index (χ4n) is 1.53. The van der Waals surface area contributed by atoms with Crippen molar-refractivity contribution >= 4 is 34.0 Å². The Hall–Kier alpha value is -1.53. The zero-order valence-corrected chi connectivity index (χ0v) is 13.3. The van der Waals surface area contributed by atoms with Crippen LogP contribution >= 0.6 is 22.9 Å². The number of rotatable bonds is 2. The number of nitrogens with zero attached hydrogens (tertiary/aromatic N) is 3. The maximum absolute atomic E-state index is 12.2. The molecule has 0 aromatic carbocycles. The molecule has 0 fully saturated rings. The van der Waals surface area contributed by atoms with E-state index in [2.05, 4.69) is 20.5 Å². The van der Waals surface area contributed by atoms with Gasteiger partial charge in [-0.3, -0.25) is 10.1 Å².